The molecule has 1 aromatic rings. The third-order valence-electron chi connectivity index (χ3n) is 1.82. The van der Waals surface area contributed by atoms with Crippen LogP contribution in [-0.4, -0.2) is 14.2 Å². The van der Waals surface area contributed by atoms with Crippen LogP contribution in [0.4, 0.5) is 0 Å². The molecule has 14 heavy (non-hydrogen) atoms. The molecule has 1 rings (SSSR count). The van der Waals surface area contributed by atoms with E-state index in [2.05, 4.69) is 10.0 Å². The van der Waals surface area contributed by atoms with E-state index in [4.69, 9.17) is 15.0 Å². The molecule has 1 aromatic carbocycles. The van der Waals surface area contributed by atoms with Crippen LogP contribution < -0.4 is 9.47 Å². The summed E-state index contributed by atoms with van der Waals surface area (Å²) in [5.74, 6) is 1.33. The summed E-state index contributed by atoms with van der Waals surface area (Å²) in [6.07, 6.45) is 0. The van der Waals surface area contributed by atoms with Gasteiger partial charge in [0.2, 0.25) is 0 Å². The van der Waals surface area contributed by atoms with Gasteiger partial charge >= 0.3 is 0 Å². The van der Waals surface area contributed by atoms with Gasteiger partial charge in [0.15, 0.2) is 0 Å². The van der Waals surface area contributed by atoms with Crippen molar-refractivity contribution in [1.29, 1.82) is 0 Å². The molecule has 74 valence electrons. The maximum absolute atomic E-state index is 8.23. The number of rotatable bonds is 4. The van der Waals surface area contributed by atoms with Crippen LogP contribution in [-0.2, 0) is 6.54 Å². The fraction of sp³-hybridized carbons (Fsp3) is 0.333. The molecule has 0 aliphatic rings. The van der Waals surface area contributed by atoms with Gasteiger partial charge in [-0.2, -0.15) is 0 Å². The van der Waals surface area contributed by atoms with E-state index in [-0.39, 0.29) is 6.54 Å². The first-order chi connectivity index (χ1) is 6.83. The zero-order chi connectivity index (χ0) is 10.4. The van der Waals surface area contributed by atoms with Crippen LogP contribution in [0, 0.1) is 0 Å². The predicted molar refractivity (Wildman–Crippen MR) is 52.4 cm³/mol. The average Bonchev–Trinajstić information content (AvgIpc) is 2.25. The van der Waals surface area contributed by atoms with E-state index in [1.54, 1.807) is 26.4 Å². The minimum Gasteiger partial charge on any atom is -0.496 e. The third kappa shape index (κ3) is 2.08. The molecule has 0 unspecified atom stereocenters. The van der Waals surface area contributed by atoms with E-state index in [0.717, 1.165) is 5.56 Å². The Kier molecular flexibility index (Phi) is 3.64. The summed E-state index contributed by atoms with van der Waals surface area (Å²) in [4.78, 5) is 2.70. The molecule has 0 spiro atoms. The standard InChI is InChI=1S/C9H11N3O2/c1-13-8-4-3-5-9(14-2)7(8)6-11-12-10/h3-5H,6H2,1-2H3. The van der Waals surface area contributed by atoms with Gasteiger partial charge in [0.25, 0.3) is 0 Å². The molecular formula is C9H11N3O2. The van der Waals surface area contributed by atoms with E-state index >= 15 is 0 Å². The number of benzene rings is 1. The van der Waals surface area contributed by atoms with E-state index in [1.165, 1.54) is 0 Å². The Labute approximate surface area is 81.9 Å². The van der Waals surface area contributed by atoms with Crippen LogP contribution >= 0.6 is 0 Å². The third-order valence-corrected chi connectivity index (χ3v) is 1.82. The summed E-state index contributed by atoms with van der Waals surface area (Å²) >= 11 is 0. The minimum absolute atomic E-state index is 0.226. The van der Waals surface area contributed by atoms with Crippen molar-refractivity contribution in [3.05, 3.63) is 34.2 Å². The van der Waals surface area contributed by atoms with Crippen molar-refractivity contribution in [3.63, 3.8) is 0 Å². The smallest absolute Gasteiger partial charge is 0.125 e. The lowest BCUT2D eigenvalue weighted by Crippen LogP contribution is -1.95. The van der Waals surface area contributed by atoms with Gasteiger partial charge in [-0.3, -0.25) is 0 Å². The van der Waals surface area contributed by atoms with Gasteiger partial charge < -0.3 is 9.47 Å². The zero-order valence-corrected chi connectivity index (χ0v) is 8.10. The lowest BCUT2D eigenvalue weighted by atomic mass is 10.2. The van der Waals surface area contributed by atoms with Crippen molar-refractivity contribution in [2.75, 3.05) is 14.2 Å². The SMILES string of the molecule is COc1cccc(OC)c1CN=[N+]=[N-]. The molecule has 0 saturated heterocycles. The van der Waals surface area contributed by atoms with Gasteiger partial charge in [-0.05, 0) is 17.7 Å². The molecule has 0 aromatic heterocycles. The molecule has 5 nitrogen and oxygen atoms in total. The number of methoxy groups -OCH3 is 2. The van der Waals surface area contributed by atoms with Gasteiger partial charge in [0, 0.05) is 10.5 Å². The normalized spacial score (nSPS) is 9.00. The Morgan fingerprint density at radius 1 is 1.29 bits per heavy atom. The lowest BCUT2D eigenvalue weighted by Gasteiger charge is -2.10. The number of ether oxygens (including phenoxy) is 2. The summed E-state index contributed by atoms with van der Waals surface area (Å²) in [6.45, 7) is 0.226. The molecule has 0 atom stereocenters. The quantitative estimate of drug-likeness (QED) is 0.419. The second-order valence-corrected chi connectivity index (χ2v) is 2.53. The number of azide groups is 1. The van der Waals surface area contributed by atoms with Crippen molar-refractivity contribution in [2.24, 2.45) is 5.11 Å². The van der Waals surface area contributed by atoms with Crippen molar-refractivity contribution < 1.29 is 9.47 Å². The van der Waals surface area contributed by atoms with Crippen LogP contribution in [0.2, 0.25) is 0 Å². The largest absolute Gasteiger partial charge is 0.496 e. The number of hydrogen-bond donors (Lipinski definition) is 0. The Hall–Kier alpha value is -1.87. The topological polar surface area (TPSA) is 67.2 Å². The number of hydrogen-bond acceptors (Lipinski definition) is 3. The molecule has 0 radical (unpaired) electrons. The molecule has 0 amide bonds. The molecule has 0 heterocycles. The minimum atomic E-state index is 0.226. The molecule has 0 bridgehead atoms. The Morgan fingerprint density at radius 3 is 2.29 bits per heavy atom. The first-order valence-electron chi connectivity index (χ1n) is 4.04. The highest BCUT2D eigenvalue weighted by Crippen LogP contribution is 2.28. The molecule has 5 heteroatoms. The number of nitrogens with zero attached hydrogens (tertiary/aromatic N) is 3. The van der Waals surface area contributed by atoms with Gasteiger partial charge in [0.1, 0.15) is 11.5 Å². The van der Waals surface area contributed by atoms with E-state index in [0.29, 0.717) is 11.5 Å². The first-order valence-corrected chi connectivity index (χ1v) is 4.04. The van der Waals surface area contributed by atoms with Crippen molar-refractivity contribution in [3.8, 4) is 11.5 Å². The van der Waals surface area contributed by atoms with Gasteiger partial charge in [-0.25, -0.2) is 0 Å². The van der Waals surface area contributed by atoms with Gasteiger partial charge in [0.05, 0.1) is 20.8 Å². The van der Waals surface area contributed by atoms with E-state index < -0.39 is 0 Å². The van der Waals surface area contributed by atoms with E-state index in [1.807, 2.05) is 6.07 Å². The van der Waals surface area contributed by atoms with Crippen molar-refractivity contribution in [1.82, 2.24) is 0 Å². The summed E-state index contributed by atoms with van der Waals surface area (Å²) < 4.78 is 10.2. The highest BCUT2D eigenvalue weighted by molar-refractivity contribution is 5.44. The summed E-state index contributed by atoms with van der Waals surface area (Å²) in [5, 5.41) is 3.48. The monoisotopic (exact) mass is 193 g/mol. The maximum Gasteiger partial charge on any atom is 0.125 e. The van der Waals surface area contributed by atoms with E-state index in [9.17, 15) is 0 Å². The second-order valence-electron chi connectivity index (χ2n) is 2.53. The molecule has 0 fully saturated rings. The maximum atomic E-state index is 8.23. The van der Waals surface area contributed by atoms with Crippen molar-refractivity contribution in [2.45, 2.75) is 6.54 Å². The van der Waals surface area contributed by atoms with Gasteiger partial charge in [-0.15, -0.1) is 0 Å². The molecule has 0 saturated carbocycles. The average molecular weight is 193 g/mol. The highest BCUT2D eigenvalue weighted by Gasteiger charge is 2.07. The Morgan fingerprint density at radius 2 is 1.86 bits per heavy atom. The van der Waals surface area contributed by atoms with Crippen LogP contribution in [0.25, 0.3) is 10.4 Å². The summed E-state index contributed by atoms with van der Waals surface area (Å²) in [7, 11) is 3.13. The second kappa shape index (κ2) is 4.99. The molecule has 0 aliphatic heterocycles. The lowest BCUT2D eigenvalue weighted by molar-refractivity contribution is 0.385. The highest BCUT2D eigenvalue weighted by atomic mass is 16.5. The fourth-order valence-corrected chi connectivity index (χ4v) is 1.19. The first kappa shape index (κ1) is 10.2. The fourth-order valence-electron chi connectivity index (χ4n) is 1.19. The molecular weight excluding hydrogens is 182 g/mol. The Bertz CT molecular complexity index is 337. The van der Waals surface area contributed by atoms with Crippen LogP contribution in [0.1, 0.15) is 5.56 Å². The zero-order valence-electron chi connectivity index (χ0n) is 8.10. The van der Waals surface area contributed by atoms with Crippen LogP contribution in [0.5, 0.6) is 11.5 Å². The van der Waals surface area contributed by atoms with Crippen molar-refractivity contribution >= 4 is 0 Å². The molecule has 0 N–H and O–H groups in total. The van der Waals surface area contributed by atoms with Crippen LogP contribution in [0.3, 0.4) is 0 Å². The summed E-state index contributed by atoms with van der Waals surface area (Å²) in [5.41, 5.74) is 8.99. The Balaban J connectivity index is 3.11. The predicted octanol–water partition coefficient (Wildman–Crippen LogP) is 2.51. The summed E-state index contributed by atoms with van der Waals surface area (Å²) in [6, 6.07) is 5.41. The van der Waals surface area contributed by atoms with Gasteiger partial charge in [-0.1, -0.05) is 11.2 Å². The van der Waals surface area contributed by atoms with Crippen LogP contribution in [0.15, 0.2) is 23.3 Å². The molecule has 0 aliphatic carbocycles.